The summed E-state index contributed by atoms with van der Waals surface area (Å²) in [5.74, 6) is 0. The zero-order valence-corrected chi connectivity index (χ0v) is 5.96. The molecule has 0 N–H and O–H groups in total. The van der Waals surface area contributed by atoms with Crippen molar-refractivity contribution in [3.05, 3.63) is 0 Å². The molecule has 44 valence electrons. The molecule has 0 aromatic rings. The first kappa shape index (κ1) is 7.31. The van der Waals surface area contributed by atoms with Gasteiger partial charge >= 0.3 is 0 Å². The van der Waals surface area contributed by atoms with Crippen molar-refractivity contribution in [1.29, 1.82) is 0 Å². The van der Waals surface area contributed by atoms with Crippen LogP contribution in [0.2, 0.25) is 0 Å². The summed E-state index contributed by atoms with van der Waals surface area (Å²) in [6, 6.07) is 0. The van der Waals surface area contributed by atoms with Crippen molar-refractivity contribution in [3.63, 3.8) is 0 Å². The van der Waals surface area contributed by atoms with E-state index in [1.54, 1.807) is 0 Å². The molecule has 2 heteroatoms. The van der Waals surface area contributed by atoms with Crippen molar-refractivity contribution in [2.75, 3.05) is 6.61 Å². The van der Waals surface area contributed by atoms with Gasteiger partial charge in [-0.2, -0.15) is 0 Å². The minimum Gasteiger partial charge on any atom is -0.365 e. The summed E-state index contributed by atoms with van der Waals surface area (Å²) < 4.78 is 5.09. The van der Waals surface area contributed by atoms with Gasteiger partial charge in [-0.1, -0.05) is 0 Å². The Morgan fingerprint density at radius 3 is 2.00 bits per heavy atom. The Bertz CT molecular complexity index is 46.5. The number of hydrogen-bond acceptors (Lipinski definition) is 2. The lowest BCUT2D eigenvalue weighted by molar-refractivity contribution is 0.0643. The highest BCUT2D eigenvalue weighted by Crippen LogP contribution is 2.11. The van der Waals surface area contributed by atoms with Crippen LogP contribution in [0.5, 0.6) is 0 Å². The average molecular weight is 120 g/mol. The average Bonchev–Trinajstić information content (AvgIpc) is 1.30. The summed E-state index contributed by atoms with van der Waals surface area (Å²) in [6.07, 6.45) is 0. The van der Waals surface area contributed by atoms with Gasteiger partial charge in [-0.05, 0) is 20.8 Å². The van der Waals surface area contributed by atoms with Gasteiger partial charge in [0.2, 0.25) is 0 Å². The first-order valence-corrected chi connectivity index (χ1v) is 2.87. The standard InChI is InChI=1S/C5H12OS/c1-4-6-5(2,3)7/h7H,4H2,1-3H3. The maximum atomic E-state index is 5.09. The van der Waals surface area contributed by atoms with Crippen molar-refractivity contribution in [1.82, 2.24) is 0 Å². The van der Waals surface area contributed by atoms with Crippen molar-refractivity contribution in [2.24, 2.45) is 0 Å². The molecule has 0 aliphatic heterocycles. The van der Waals surface area contributed by atoms with Crippen LogP contribution in [-0.4, -0.2) is 11.5 Å². The summed E-state index contributed by atoms with van der Waals surface area (Å²) in [6.45, 7) is 6.52. The monoisotopic (exact) mass is 120 g/mol. The number of hydrogen-bond donors (Lipinski definition) is 1. The molecule has 0 atom stereocenters. The van der Waals surface area contributed by atoms with Gasteiger partial charge in [0.1, 0.15) is 4.93 Å². The molecule has 0 fully saturated rings. The molecule has 0 unspecified atom stereocenters. The molecular formula is C5H12OS. The van der Waals surface area contributed by atoms with Crippen LogP contribution in [0.15, 0.2) is 0 Å². The maximum absolute atomic E-state index is 5.09. The molecule has 0 radical (unpaired) electrons. The van der Waals surface area contributed by atoms with Crippen LogP contribution in [0.25, 0.3) is 0 Å². The Balaban J connectivity index is 3.15. The summed E-state index contributed by atoms with van der Waals surface area (Å²) in [5.41, 5.74) is 0. The number of ether oxygens (including phenoxy) is 1. The van der Waals surface area contributed by atoms with Crippen molar-refractivity contribution in [3.8, 4) is 0 Å². The van der Waals surface area contributed by atoms with Crippen molar-refractivity contribution < 1.29 is 4.74 Å². The van der Waals surface area contributed by atoms with Crippen LogP contribution in [0, 0.1) is 0 Å². The lowest BCUT2D eigenvalue weighted by Gasteiger charge is -2.15. The van der Waals surface area contributed by atoms with Crippen LogP contribution >= 0.6 is 12.6 Å². The fourth-order valence-electron chi connectivity index (χ4n) is 0.353. The van der Waals surface area contributed by atoms with E-state index in [0.29, 0.717) is 0 Å². The topological polar surface area (TPSA) is 9.23 Å². The van der Waals surface area contributed by atoms with Gasteiger partial charge in [-0.3, -0.25) is 0 Å². The predicted octanol–water partition coefficient (Wildman–Crippen LogP) is 1.69. The third-order valence-electron chi connectivity index (χ3n) is 0.498. The zero-order valence-electron chi connectivity index (χ0n) is 5.06. The van der Waals surface area contributed by atoms with E-state index in [1.165, 1.54) is 0 Å². The van der Waals surface area contributed by atoms with Crippen LogP contribution in [0.1, 0.15) is 20.8 Å². The van der Waals surface area contributed by atoms with E-state index in [1.807, 2.05) is 20.8 Å². The van der Waals surface area contributed by atoms with Gasteiger partial charge < -0.3 is 4.74 Å². The Morgan fingerprint density at radius 2 is 2.00 bits per heavy atom. The molecule has 0 rings (SSSR count). The van der Waals surface area contributed by atoms with E-state index in [9.17, 15) is 0 Å². The van der Waals surface area contributed by atoms with Gasteiger partial charge in [0.05, 0.1) is 0 Å². The Hall–Kier alpha value is 0.310. The molecule has 7 heavy (non-hydrogen) atoms. The van der Waals surface area contributed by atoms with Gasteiger partial charge in [-0.25, -0.2) is 0 Å². The molecule has 0 bridgehead atoms. The van der Waals surface area contributed by atoms with Gasteiger partial charge in [0.15, 0.2) is 0 Å². The predicted molar refractivity (Wildman–Crippen MR) is 34.7 cm³/mol. The van der Waals surface area contributed by atoms with Gasteiger partial charge in [0.25, 0.3) is 0 Å². The fraction of sp³-hybridized carbons (Fsp3) is 1.00. The fourth-order valence-corrected chi connectivity index (χ4v) is 0.482. The first-order valence-electron chi connectivity index (χ1n) is 2.42. The second-order valence-corrected chi connectivity index (χ2v) is 2.96. The van der Waals surface area contributed by atoms with Crippen molar-refractivity contribution >= 4 is 12.6 Å². The van der Waals surface area contributed by atoms with E-state index in [4.69, 9.17) is 4.74 Å². The minimum absolute atomic E-state index is 0.255. The molecule has 1 nitrogen and oxygen atoms in total. The van der Waals surface area contributed by atoms with Gasteiger partial charge in [-0.15, -0.1) is 12.6 Å². The van der Waals surface area contributed by atoms with E-state index in [0.717, 1.165) is 6.61 Å². The Morgan fingerprint density at radius 1 is 1.57 bits per heavy atom. The highest BCUT2D eigenvalue weighted by Gasteiger charge is 2.07. The minimum atomic E-state index is -0.255. The molecular weight excluding hydrogens is 108 g/mol. The molecule has 0 saturated carbocycles. The van der Waals surface area contributed by atoms with E-state index < -0.39 is 0 Å². The molecule has 0 aromatic carbocycles. The molecule has 0 aliphatic rings. The molecule has 0 amide bonds. The summed E-state index contributed by atoms with van der Waals surface area (Å²) in [5, 5.41) is 0. The largest absolute Gasteiger partial charge is 0.365 e. The second-order valence-electron chi connectivity index (χ2n) is 1.88. The van der Waals surface area contributed by atoms with Crippen LogP contribution in [0.3, 0.4) is 0 Å². The second kappa shape index (κ2) is 2.58. The number of rotatable bonds is 2. The molecule has 0 spiro atoms. The van der Waals surface area contributed by atoms with Crippen LogP contribution in [0.4, 0.5) is 0 Å². The lowest BCUT2D eigenvalue weighted by atomic mass is 10.5. The SMILES string of the molecule is CCOC(C)(C)S. The lowest BCUT2D eigenvalue weighted by Crippen LogP contribution is -2.14. The number of thiol groups is 1. The molecule has 0 aliphatic carbocycles. The van der Waals surface area contributed by atoms with E-state index in [-0.39, 0.29) is 4.93 Å². The highest BCUT2D eigenvalue weighted by atomic mass is 32.1. The van der Waals surface area contributed by atoms with E-state index >= 15 is 0 Å². The first-order chi connectivity index (χ1) is 3.06. The smallest absolute Gasteiger partial charge is 0.105 e. The van der Waals surface area contributed by atoms with Gasteiger partial charge in [0, 0.05) is 6.61 Å². The Kier molecular flexibility index (Phi) is 2.69. The third kappa shape index (κ3) is 6.31. The normalized spacial score (nSPS) is 12.0. The van der Waals surface area contributed by atoms with Crippen LogP contribution < -0.4 is 0 Å². The molecule has 0 heterocycles. The van der Waals surface area contributed by atoms with Crippen LogP contribution in [-0.2, 0) is 4.74 Å². The quantitative estimate of drug-likeness (QED) is 0.431. The third-order valence-corrected chi connectivity index (χ3v) is 0.627. The summed E-state index contributed by atoms with van der Waals surface area (Å²) >= 11 is 4.11. The maximum Gasteiger partial charge on any atom is 0.105 e. The van der Waals surface area contributed by atoms with Crippen molar-refractivity contribution in [2.45, 2.75) is 25.7 Å². The summed E-state index contributed by atoms with van der Waals surface area (Å²) in [7, 11) is 0. The molecule has 0 saturated heterocycles. The molecule has 0 aromatic heterocycles. The van der Waals surface area contributed by atoms with E-state index in [2.05, 4.69) is 12.6 Å². The summed E-state index contributed by atoms with van der Waals surface area (Å²) in [4.78, 5) is -0.255. The Labute approximate surface area is 50.5 Å². The highest BCUT2D eigenvalue weighted by molar-refractivity contribution is 7.81. The zero-order chi connectivity index (χ0) is 5.91.